The Labute approximate surface area is 201 Å². The lowest BCUT2D eigenvalue weighted by molar-refractivity contribution is 0.0200. The summed E-state index contributed by atoms with van der Waals surface area (Å²) in [6.07, 6.45) is 4.80. The summed E-state index contributed by atoms with van der Waals surface area (Å²) in [6.45, 7) is 4.45. The van der Waals surface area contributed by atoms with Crippen molar-refractivity contribution in [2.45, 2.75) is 38.8 Å². The average Bonchev–Trinajstić information content (AvgIpc) is 2.77. The van der Waals surface area contributed by atoms with Crippen molar-refractivity contribution < 1.29 is 13.2 Å². The number of hydrogen-bond donors (Lipinski definition) is 3. The molecule has 1 aromatic heterocycles. The van der Waals surface area contributed by atoms with Gasteiger partial charge in [0.2, 0.25) is 10.0 Å². The molecule has 0 aliphatic carbocycles. The molecule has 1 atom stereocenters. The minimum Gasteiger partial charge on any atom is -0.377 e. The van der Waals surface area contributed by atoms with Crippen LogP contribution in [0.4, 0.5) is 0 Å². The van der Waals surface area contributed by atoms with Crippen molar-refractivity contribution in [1.82, 2.24) is 20.3 Å². The van der Waals surface area contributed by atoms with Gasteiger partial charge in [-0.15, -0.1) is 24.0 Å². The molecule has 2 aromatic rings. The largest absolute Gasteiger partial charge is 0.377 e. The summed E-state index contributed by atoms with van der Waals surface area (Å²) in [5.41, 5.74) is 2.00. The minimum atomic E-state index is -3.37. The van der Waals surface area contributed by atoms with E-state index >= 15 is 0 Å². The maximum absolute atomic E-state index is 12.3. The van der Waals surface area contributed by atoms with E-state index in [0.29, 0.717) is 32.2 Å². The van der Waals surface area contributed by atoms with Gasteiger partial charge in [0.25, 0.3) is 0 Å². The van der Waals surface area contributed by atoms with Crippen molar-refractivity contribution in [2.24, 2.45) is 4.99 Å². The Morgan fingerprint density at radius 3 is 2.84 bits per heavy atom. The quantitative estimate of drug-likeness (QED) is 0.247. The van der Waals surface area contributed by atoms with Gasteiger partial charge >= 0.3 is 0 Å². The van der Waals surface area contributed by atoms with E-state index in [1.165, 1.54) is 0 Å². The topological polar surface area (TPSA) is 105 Å². The van der Waals surface area contributed by atoms with Gasteiger partial charge in [-0.3, -0.25) is 4.98 Å². The third-order valence-corrected chi connectivity index (χ3v) is 6.31. The van der Waals surface area contributed by atoms with Crippen molar-refractivity contribution in [3.8, 4) is 0 Å². The van der Waals surface area contributed by atoms with Gasteiger partial charge < -0.3 is 15.4 Å². The first-order chi connectivity index (χ1) is 14.6. The SMILES string of the molecule is CCNC(=NCc1ccnc2ccccc12)NCCS(=O)(=O)NCC1CCCCO1.I. The fraction of sp³-hybridized carbons (Fsp3) is 0.524. The molecule has 1 aliphatic rings. The van der Waals surface area contributed by atoms with Crippen molar-refractivity contribution in [1.29, 1.82) is 0 Å². The maximum atomic E-state index is 12.3. The van der Waals surface area contributed by atoms with Gasteiger partial charge in [0, 0.05) is 37.8 Å². The fourth-order valence-electron chi connectivity index (χ4n) is 3.36. The zero-order valence-electron chi connectivity index (χ0n) is 17.8. The van der Waals surface area contributed by atoms with Crippen LogP contribution in [0.1, 0.15) is 31.7 Å². The van der Waals surface area contributed by atoms with E-state index in [1.54, 1.807) is 6.20 Å². The number of rotatable bonds is 9. The van der Waals surface area contributed by atoms with Crippen molar-refractivity contribution >= 4 is 50.9 Å². The number of sulfonamides is 1. The van der Waals surface area contributed by atoms with Crippen LogP contribution in [0, 0.1) is 0 Å². The number of hydrogen-bond acceptors (Lipinski definition) is 5. The number of ether oxygens (including phenoxy) is 1. The fourth-order valence-corrected chi connectivity index (χ4v) is 4.32. The van der Waals surface area contributed by atoms with E-state index in [2.05, 4.69) is 25.3 Å². The van der Waals surface area contributed by atoms with E-state index in [9.17, 15) is 8.42 Å². The van der Waals surface area contributed by atoms with E-state index in [4.69, 9.17) is 4.74 Å². The Kier molecular flexibility index (Phi) is 10.9. The molecule has 8 nitrogen and oxygen atoms in total. The number of halogens is 1. The second-order valence-electron chi connectivity index (χ2n) is 7.27. The summed E-state index contributed by atoms with van der Waals surface area (Å²) in [5.74, 6) is 0.562. The van der Waals surface area contributed by atoms with Crippen LogP contribution < -0.4 is 15.4 Å². The molecule has 10 heteroatoms. The van der Waals surface area contributed by atoms with Crippen molar-refractivity contribution in [3.05, 3.63) is 42.1 Å². The van der Waals surface area contributed by atoms with Gasteiger partial charge in [-0.05, 0) is 43.9 Å². The number of fused-ring (bicyclic) bond motifs is 1. The molecule has 2 heterocycles. The zero-order chi connectivity index (χ0) is 21.2. The van der Waals surface area contributed by atoms with Crippen LogP contribution in [0.15, 0.2) is 41.5 Å². The van der Waals surface area contributed by atoms with Crippen LogP contribution in [0.25, 0.3) is 10.9 Å². The first kappa shape index (κ1) is 25.8. The van der Waals surface area contributed by atoms with E-state index in [0.717, 1.165) is 35.7 Å². The predicted molar refractivity (Wildman–Crippen MR) is 135 cm³/mol. The lowest BCUT2D eigenvalue weighted by atomic mass is 10.1. The van der Waals surface area contributed by atoms with E-state index in [-0.39, 0.29) is 42.4 Å². The van der Waals surface area contributed by atoms with E-state index < -0.39 is 10.0 Å². The Morgan fingerprint density at radius 2 is 2.06 bits per heavy atom. The summed E-state index contributed by atoms with van der Waals surface area (Å²) in [7, 11) is -3.37. The molecule has 172 valence electrons. The lowest BCUT2D eigenvalue weighted by Gasteiger charge is -2.22. The summed E-state index contributed by atoms with van der Waals surface area (Å²) in [5, 5.41) is 7.33. The highest BCUT2D eigenvalue weighted by atomic mass is 127. The number of aliphatic imine (C=N–C) groups is 1. The average molecular weight is 561 g/mol. The summed E-state index contributed by atoms with van der Waals surface area (Å²) < 4.78 is 32.8. The number of guanidine groups is 1. The van der Waals surface area contributed by atoms with Gasteiger partial charge in [0.15, 0.2) is 5.96 Å². The lowest BCUT2D eigenvalue weighted by Crippen LogP contribution is -2.42. The number of nitrogens with zero attached hydrogens (tertiary/aromatic N) is 2. The number of para-hydroxylation sites is 1. The van der Waals surface area contributed by atoms with Crippen LogP contribution >= 0.6 is 24.0 Å². The highest BCUT2D eigenvalue weighted by molar-refractivity contribution is 14.0. The van der Waals surface area contributed by atoms with Crippen LogP contribution in [0.5, 0.6) is 0 Å². The molecule has 31 heavy (non-hydrogen) atoms. The highest BCUT2D eigenvalue weighted by Crippen LogP contribution is 2.16. The molecule has 1 aliphatic heterocycles. The summed E-state index contributed by atoms with van der Waals surface area (Å²) in [6, 6.07) is 9.90. The van der Waals surface area contributed by atoms with E-state index in [1.807, 2.05) is 37.3 Å². The Morgan fingerprint density at radius 1 is 1.23 bits per heavy atom. The third-order valence-electron chi connectivity index (χ3n) is 4.96. The van der Waals surface area contributed by atoms with Crippen molar-refractivity contribution in [3.63, 3.8) is 0 Å². The van der Waals surface area contributed by atoms with Crippen LogP contribution in [-0.4, -0.2) is 57.5 Å². The maximum Gasteiger partial charge on any atom is 0.213 e. The zero-order valence-corrected chi connectivity index (χ0v) is 21.0. The molecule has 0 saturated carbocycles. The third kappa shape index (κ3) is 8.51. The molecule has 3 N–H and O–H groups in total. The summed E-state index contributed by atoms with van der Waals surface area (Å²) >= 11 is 0. The molecule has 0 amide bonds. The van der Waals surface area contributed by atoms with Gasteiger partial charge in [-0.25, -0.2) is 18.1 Å². The van der Waals surface area contributed by atoms with Gasteiger partial charge in [-0.1, -0.05) is 18.2 Å². The van der Waals surface area contributed by atoms with Crippen LogP contribution in [0.2, 0.25) is 0 Å². The molecule has 3 rings (SSSR count). The minimum absolute atomic E-state index is 0. The van der Waals surface area contributed by atoms with Gasteiger partial charge in [0.1, 0.15) is 0 Å². The predicted octanol–water partition coefficient (Wildman–Crippen LogP) is 2.40. The number of pyridine rings is 1. The Balaban J connectivity index is 0.00000341. The Bertz CT molecular complexity index is 944. The second kappa shape index (κ2) is 13.1. The molecule has 0 bridgehead atoms. The smallest absolute Gasteiger partial charge is 0.213 e. The first-order valence-electron chi connectivity index (χ1n) is 10.5. The van der Waals surface area contributed by atoms with Gasteiger partial charge in [-0.2, -0.15) is 0 Å². The molecule has 1 aromatic carbocycles. The summed E-state index contributed by atoms with van der Waals surface area (Å²) in [4.78, 5) is 8.98. The van der Waals surface area contributed by atoms with Crippen molar-refractivity contribution in [2.75, 3.05) is 32.0 Å². The monoisotopic (exact) mass is 561 g/mol. The molecule has 1 saturated heterocycles. The number of aromatic nitrogens is 1. The number of benzene rings is 1. The van der Waals surface area contributed by atoms with Crippen LogP contribution in [0.3, 0.4) is 0 Å². The first-order valence-corrected chi connectivity index (χ1v) is 12.2. The normalized spacial score (nSPS) is 17.2. The highest BCUT2D eigenvalue weighted by Gasteiger charge is 2.17. The molecular weight excluding hydrogens is 529 g/mol. The second-order valence-corrected chi connectivity index (χ2v) is 9.19. The molecule has 0 spiro atoms. The molecule has 1 unspecified atom stereocenters. The molecule has 1 fully saturated rings. The van der Waals surface area contributed by atoms with Crippen LogP contribution in [-0.2, 0) is 21.3 Å². The van der Waals surface area contributed by atoms with Gasteiger partial charge in [0.05, 0.1) is 23.9 Å². The molecule has 0 radical (unpaired) electrons. The number of nitrogens with one attached hydrogen (secondary N) is 3. The molecular formula is C21H32IN5O3S. The Hall–Kier alpha value is -1.50. The standard InChI is InChI=1S/C21H31N5O3S.HI/c1-2-22-21(25-15-17-10-11-23-20-9-4-3-8-19(17)20)24-12-14-30(27,28)26-16-18-7-5-6-13-29-18;/h3-4,8-11,18,26H,2,5-7,12-16H2,1H3,(H2,22,24,25);1H.